The molecule has 1 saturated heterocycles. The van der Waals surface area contributed by atoms with Crippen molar-refractivity contribution in [2.75, 3.05) is 12.4 Å². The van der Waals surface area contributed by atoms with Crippen LogP contribution in [0.5, 0.6) is 5.75 Å². The van der Waals surface area contributed by atoms with E-state index in [0.29, 0.717) is 11.3 Å². The van der Waals surface area contributed by atoms with Crippen LogP contribution in [-0.4, -0.2) is 29.2 Å². The molecular formula is C19H20N4O3S. The number of ether oxygens (including phenoxy) is 1. The van der Waals surface area contributed by atoms with Crippen molar-refractivity contribution in [3.05, 3.63) is 59.7 Å². The summed E-state index contributed by atoms with van der Waals surface area (Å²) in [6.45, 7) is 3.62. The van der Waals surface area contributed by atoms with E-state index in [9.17, 15) is 9.59 Å². The molecule has 1 atom stereocenters. The average Bonchev–Trinajstić information content (AvgIpc) is 2.88. The number of rotatable bonds is 4. The van der Waals surface area contributed by atoms with Crippen molar-refractivity contribution < 1.29 is 14.3 Å². The molecule has 1 aliphatic rings. The van der Waals surface area contributed by atoms with Crippen LogP contribution in [0.2, 0.25) is 0 Å². The Kier molecular flexibility index (Phi) is 5.00. The van der Waals surface area contributed by atoms with Crippen LogP contribution in [0.4, 0.5) is 10.5 Å². The van der Waals surface area contributed by atoms with Crippen LogP contribution in [-0.2, 0) is 10.3 Å². The monoisotopic (exact) mass is 384 g/mol. The molecule has 0 aromatic heterocycles. The van der Waals surface area contributed by atoms with Gasteiger partial charge in [0.2, 0.25) is 0 Å². The first-order valence-corrected chi connectivity index (χ1v) is 8.70. The van der Waals surface area contributed by atoms with Gasteiger partial charge in [0.1, 0.15) is 11.3 Å². The minimum Gasteiger partial charge on any atom is -0.497 e. The first-order valence-electron chi connectivity index (χ1n) is 8.29. The van der Waals surface area contributed by atoms with E-state index in [2.05, 4.69) is 16.1 Å². The minimum absolute atomic E-state index is 0.136. The summed E-state index contributed by atoms with van der Waals surface area (Å²) in [6.07, 6.45) is 0. The third kappa shape index (κ3) is 3.70. The van der Waals surface area contributed by atoms with Crippen LogP contribution in [0.1, 0.15) is 18.1 Å². The van der Waals surface area contributed by atoms with Crippen molar-refractivity contribution >= 4 is 35.0 Å². The number of hydrazine groups is 1. The summed E-state index contributed by atoms with van der Waals surface area (Å²) in [5, 5.41) is 6.67. The first-order chi connectivity index (χ1) is 12.8. The highest BCUT2D eigenvalue weighted by atomic mass is 32.1. The number of amides is 3. The summed E-state index contributed by atoms with van der Waals surface area (Å²) in [5.74, 6) is 0.132. The second-order valence-electron chi connectivity index (χ2n) is 6.36. The lowest BCUT2D eigenvalue weighted by Crippen LogP contribution is -2.49. The molecule has 8 heteroatoms. The number of carbonyl (C=O) groups is 2. The molecule has 2 aromatic carbocycles. The zero-order valence-electron chi connectivity index (χ0n) is 15.2. The van der Waals surface area contributed by atoms with Gasteiger partial charge in [0, 0.05) is 5.69 Å². The molecule has 3 N–H and O–H groups in total. The zero-order valence-corrected chi connectivity index (χ0v) is 16.0. The van der Waals surface area contributed by atoms with Crippen molar-refractivity contribution in [3.8, 4) is 5.75 Å². The Morgan fingerprint density at radius 3 is 2.56 bits per heavy atom. The topological polar surface area (TPSA) is 82.7 Å². The molecule has 0 unspecified atom stereocenters. The van der Waals surface area contributed by atoms with Gasteiger partial charge in [0.25, 0.3) is 5.91 Å². The second-order valence-corrected chi connectivity index (χ2v) is 6.77. The number of nitrogens with zero attached hydrogens (tertiary/aromatic N) is 1. The molecule has 1 heterocycles. The molecule has 3 rings (SSSR count). The van der Waals surface area contributed by atoms with Crippen LogP contribution >= 0.6 is 12.2 Å². The van der Waals surface area contributed by atoms with Gasteiger partial charge in [0.05, 0.1) is 7.11 Å². The maximum absolute atomic E-state index is 12.9. The number of imide groups is 1. The van der Waals surface area contributed by atoms with Crippen molar-refractivity contribution in [2.24, 2.45) is 0 Å². The summed E-state index contributed by atoms with van der Waals surface area (Å²) < 4.78 is 5.20. The zero-order chi connectivity index (χ0) is 19.6. The molecule has 27 heavy (non-hydrogen) atoms. The number of thiocarbonyl (C=S) groups is 1. The number of methoxy groups -OCH3 is 1. The van der Waals surface area contributed by atoms with Gasteiger partial charge in [-0.05, 0) is 55.9 Å². The molecular weight excluding hydrogens is 364 g/mol. The maximum Gasteiger partial charge on any atom is 0.344 e. The molecule has 0 spiro atoms. The second kappa shape index (κ2) is 7.24. The largest absolute Gasteiger partial charge is 0.497 e. The maximum atomic E-state index is 12.9. The van der Waals surface area contributed by atoms with E-state index in [1.54, 1.807) is 38.3 Å². The fourth-order valence-electron chi connectivity index (χ4n) is 2.77. The lowest BCUT2D eigenvalue weighted by molar-refractivity contribution is -0.132. The fraction of sp³-hybridized carbons (Fsp3) is 0.211. The number of anilines is 1. The van der Waals surface area contributed by atoms with E-state index in [4.69, 9.17) is 17.0 Å². The molecule has 0 saturated carbocycles. The third-order valence-corrected chi connectivity index (χ3v) is 4.55. The Hall–Kier alpha value is -3.13. The summed E-state index contributed by atoms with van der Waals surface area (Å²) in [4.78, 5) is 25.3. The number of hydrogen-bond donors (Lipinski definition) is 3. The summed E-state index contributed by atoms with van der Waals surface area (Å²) in [7, 11) is 1.54. The molecule has 1 aliphatic heterocycles. The van der Waals surface area contributed by atoms with Gasteiger partial charge in [-0.2, -0.15) is 5.01 Å². The summed E-state index contributed by atoms with van der Waals surface area (Å²) >= 11 is 5.23. The van der Waals surface area contributed by atoms with Gasteiger partial charge < -0.3 is 15.4 Å². The lowest BCUT2D eigenvalue weighted by atomic mass is 9.92. The molecule has 7 nitrogen and oxygen atoms in total. The molecule has 3 amide bonds. The Morgan fingerprint density at radius 2 is 1.89 bits per heavy atom. The number of hydrogen-bond acceptors (Lipinski definition) is 4. The number of urea groups is 1. The standard InChI is InChI=1S/C19H20N4O3S/c1-12-7-9-14(10-8-12)20-17(27)22-23-16(24)19(2,21-18(23)25)13-5-4-6-15(11-13)26-3/h4-11H,1-3H3,(H,21,25)(H2,20,22,27)/t19-/m1/s1. The first kappa shape index (κ1) is 18.7. The molecule has 140 valence electrons. The predicted octanol–water partition coefficient (Wildman–Crippen LogP) is 2.67. The highest BCUT2D eigenvalue weighted by Crippen LogP contribution is 2.30. The van der Waals surface area contributed by atoms with Crippen LogP contribution in [0.3, 0.4) is 0 Å². The van der Waals surface area contributed by atoms with Gasteiger partial charge in [0.15, 0.2) is 5.11 Å². The molecule has 0 bridgehead atoms. The SMILES string of the molecule is COc1cccc([C@@]2(C)NC(=O)N(NC(=S)Nc3ccc(C)cc3)C2=O)c1. The number of carbonyl (C=O) groups excluding carboxylic acids is 2. The van der Waals surface area contributed by atoms with Gasteiger partial charge in [-0.15, -0.1) is 0 Å². The third-order valence-electron chi connectivity index (χ3n) is 4.36. The molecule has 0 radical (unpaired) electrons. The molecule has 1 fully saturated rings. The summed E-state index contributed by atoms with van der Waals surface area (Å²) in [6, 6.07) is 14.0. The van der Waals surface area contributed by atoms with Gasteiger partial charge in [-0.1, -0.05) is 29.8 Å². The Labute approximate surface area is 162 Å². The smallest absolute Gasteiger partial charge is 0.344 e. The number of aryl methyl sites for hydroxylation is 1. The Bertz CT molecular complexity index is 900. The number of nitrogens with one attached hydrogen (secondary N) is 3. The van der Waals surface area contributed by atoms with Gasteiger partial charge in [-0.3, -0.25) is 10.2 Å². The minimum atomic E-state index is -1.22. The molecule has 2 aromatic rings. The van der Waals surface area contributed by atoms with Crippen LogP contribution in [0.15, 0.2) is 48.5 Å². The van der Waals surface area contributed by atoms with Crippen molar-refractivity contribution in [2.45, 2.75) is 19.4 Å². The average molecular weight is 384 g/mol. The quantitative estimate of drug-likeness (QED) is 0.555. The summed E-state index contributed by atoms with van der Waals surface area (Å²) in [5.41, 5.74) is 3.91. The van der Waals surface area contributed by atoms with E-state index in [1.807, 2.05) is 31.2 Å². The van der Waals surface area contributed by atoms with Crippen molar-refractivity contribution in [1.82, 2.24) is 15.8 Å². The van der Waals surface area contributed by atoms with Crippen LogP contribution in [0.25, 0.3) is 0 Å². The van der Waals surface area contributed by atoms with Crippen LogP contribution < -0.4 is 20.8 Å². The molecule has 0 aliphatic carbocycles. The normalized spacial score (nSPS) is 18.9. The van der Waals surface area contributed by atoms with Crippen molar-refractivity contribution in [1.29, 1.82) is 0 Å². The van der Waals surface area contributed by atoms with Crippen molar-refractivity contribution in [3.63, 3.8) is 0 Å². The Morgan fingerprint density at radius 1 is 1.19 bits per heavy atom. The predicted molar refractivity (Wildman–Crippen MR) is 106 cm³/mol. The Balaban J connectivity index is 1.75. The van der Waals surface area contributed by atoms with E-state index in [-0.39, 0.29) is 5.11 Å². The van der Waals surface area contributed by atoms with E-state index >= 15 is 0 Å². The van der Waals surface area contributed by atoms with E-state index in [1.165, 1.54) is 0 Å². The lowest BCUT2D eigenvalue weighted by Gasteiger charge is -2.23. The van der Waals surface area contributed by atoms with E-state index in [0.717, 1.165) is 16.3 Å². The number of benzene rings is 2. The van der Waals surface area contributed by atoms with Gasteiger partial charge in [-0.25, -0.2) is 4.79 Å². The van der Waals surface area contributed by atoms with Crippen LogP contribution in [0, 0.1) is 6.92 Å². The van der Waals surface area contributed by atoms with Gasteiger partial charge >= 0.3 is 6.03 Å². The highest BCUT2D eigenvalue weighted by Gasteiger charge is 2.50. The fourth-order valence-corrected chi connectivity index (χ4v) is 2.98. The highest BCUT2D eigenvalue weighted by molar-refractivity contribution is 7.80. The van der Waals surface area contributed by atoms with E-state index < -0.39 is 17.5 Å².